The fraction of sp³-hybridized carbons (Fsp3) is 0.429. The maximum Gasteiger partial charge on any atom is 0.0443 e. The Hall–Kier alpha value is -1.28. The van der Waals surface area contributed by atoms with Crippen molar-refractivity contribution in [2.45, 2.75) is 13.8 Å². The fourth-order valence-corrected chi connectivity index (χ4v) is 2.23. The van der Waals surface area contributed by atoms with Crippen molar-refractivity contribution in [2.75, 3.05) is 31.1 Å². The molecule has 2 rings (SSSR count). The number of nitrogens with one attached hydrogen (secondary N) is 1. The van der Waals surface area contributed by atoms with E-state index in [9.17, 15) is 0 Å². The molecule has 0 bridgehead atoms. The molecule has 0 radical (unpaired) electrons. The molecular formula is C14H20N2. The summed E-state index contributed by atoms with van der Waals surface area (Å²) in [5.41, 5.74) is 4.10. The Kier molecular flexibility index (Phi) is 3.62. The second-order valence-corrected chi connectivity index (χ2v) is 4.24. The number of hydrogen-bond donors (Lipinski definition) is 1. The number of anilines is 1. The van der Waals surface area contributed by atoms with Crippen LogP contribution in [0, 0.1) is 6.92 Å². The van der Waals surface area contributed by atoms with E-state index >= 15 is 0 Å². The lowest BCUT2D eigenvalue weighted by Gasteiger charge is -2.31. The van der Waals surface area contributed by atoms with Gasteiger partial charge in [0.05, 0.1) is 0 Å². The minimum absolute atomic E-state index is 1.09. The lowest BCUT2D eigenvalue weighted by molar-refractivity contribution is 0.589. The number of allylic oxidation sites excluding steroid dienone is 1. The van der Waals surface area contributed by atoms with Gasteiger partial charge in [-0.3, -0.25) is 0 Å². The molecule has 0 aromatic heterocycles. The Labute approximate surface area is 98.0 Å². The van der Waals surface area contributed by atoms with E-state index in [0.29, 0.717) is 0 Å². The lowest BCUT2D eigenvalue weighted by atomic mass is 10.0. The molecule has 0 saturated carbocycles. The molecule has 0 aliphatic carbocycles. The number of benzene rings is 1. The normalized spacial score (nSPS) is 17.0. The molecule has 1 heterocycles. The van der Waals surface area contributed by atoms with Crippen molar-refractivity contribution < 1.29 is 0 Å². The van der Waals surface area contributed by atoms with Gasteiger partial charge in [0.15, 0.2) is 0 Å². The summed E-state index contributed by atoms with van der Waals surface area (Å²) in [6, 6.07) is 6.56. The van der Waals surface area contributed by atoms with Crippen LogP contribution in [0.15, 0.2) is 24.3 Å². The van der Waals surface area contributed by atoms with Crippen molar-refractivity contribution in [2.24, 2.45) is 0 Å². The van der Waals surface area contributed by atoms with Crippen molar-refractivity contribution >= 4 is 11.8 Å². The van der Waals surface area contributed by atoms with Crippen LogP contribution < -0.4 is 10.2 Å². The average Bonchev–Trinajstić information content (AvgIpc) is 2.33. The molecule has 0 spiro atoms. The van der Waals surface area contributed by atoms with Crippen LogP contribution in [0.1, 0.15) is 18.1 Å². The Balaban J connectivity index is 2.34. The van der Waals surface area contributed by atoms with Crippen molar-refractivity contribution in [3.63, 3.8) is 0 Å². The van der Waals surface area contributed by atoms with Gasteiger partial charge in [-0.2, -0.15) is 0 Å². The Morgan fingerprint density at radius 2 is 2.00 bits per heavy atom. The number of piperazine rings is 1. The van der Waals surface area contributed by atoms with Gasteiger partial charge in [0.25, 0.3) is 0 Å². The van der Waals surface area contributed by atoms with E-state index in [1.165, 1.54) is 16.8 Å². The lowest BCUT2D eigenvalue weighted by Crippen LogP contribution is -2.43. The first-order chi connectivity index (χ1) is 7.83. The third kappa shape index (κ3) is 2.27. The third-order valence-corrected chi connectivity index (χ3v) is 3.09. The van der Waals surface area contributed by atoms with Crippen molar-refractivity contribution in [3.05, 3.63) is 35.4 Å². The van der Waals surface area contributed by atoms with Crippen LogP contribution in [-0.2, 0) is 0 Å². The van der Waals surface area contributed by atoms with Gasteiger partial charge in [-0.25, -0.2) is 0 Å². The van der Waals surface area contributed by atoms with E-state index in [0.717, 1.165) is 26.2 Å². The minimum Gasteiger partial charge on any atom is -0.368 e. The van der Waals surface area contributed by atoms with E-state index in [4.69, 9.17) is 0 Å². The Morgan fingerprint density at radius 3 is 2.69 bits per heavy atom. The largest absolute Gasteiger partial charge is 0.368 e. The van der Waals surface area contributed by atoms with Gasteiger partial charge in [-0.1, -0.05) is 24.3 Å². The highest BCUT2D eigenvalue weighted by molar-refractivity contribution is 5.70. The average molecular weight is 216 g/mol. The fourth-order valence-electron chi connectivity index (χ4n) is 2.23. The smallest absolute Gasteiger partial charge is 0.0443 e. The van der Waals surface area contributed by atoms with E-state index in [-0.39, 0.29) is 0 Å². The molecule has 86 valence electrons. The molecule has 2 nitrogen and oxygen atoms in total. The van der Waals surface area contributed by atoms with Crippen LogP contribution in [0.25, 0.3) is 6.08 Å². The highest BCUT2D eigenvalue weighted by Crippen LogP contribution is 2.25. The number of nitrogens with zero attached hydrogens (tertiary/aromatic N) is 1. The first kappa shape index (κ1) is 11.2. The summed E-state index contributed by atoms with van der Waals surface area (Å²) in [6.07, 6.45) is 4.33. The summed E-state index contributed by atoms with van der Waals surface area (Å²) >= 11 is 0. The molecule has 1 aliphatic heterocycles. The zero-order valence-corrected chi connectivity index (χ0v) is 10.2. The summed E-state index contributed by atoms with van der Waals surface area (Å²) < 4.78 is 0. The molecule has 16 heavy (non-hydrogen) atoms. The topological polar surface area (TPSA) is 15.3 Å². The van der Waals surface area contributed by atoms with E-state index in [1.54, 1.807) is 0 Å². The molecule has 0 atom stereocenters. The summed E-state index contributed by atoms with van der Waals surface area (Å²) in [7, 11) is 0. The van der Waals surface area contributed by atoms with Crippen LogP contribution in [0.5, 0.6) is 0 Å². The Morgan fingerprint density at radius 1 is 1.25 bits per heavy atom. The SMILES string of the molecule is C/C=C\c1c(C)cccc1N1CCNCC1. The minimum atomic E-state index is 1.09. The summed E-state index contributed by atoms with van der Waals surface area (Å²) in [4.78, 5) is 2.47. The Bertz CT molecular complexity index is 376. The van der Waals surface area contributed by atoms with Gasteiger partial charge in [0, 0.05) is 37.4 Å². The predicted molar refractivity (Wildman–Crippen MR) is 71.0 cm³/mol. The molecule has 1 N–H and O–H groups in total. The van der Waals surface area contributed by atoms with Crippen LogP contribution in [-0.4, -0.2) is 26.2 Å². The maximum absolute atomic E-state index is 3.39. The highest BCUT2D eigenvalue weighted by Gasteiger charge is 2.13. The van der Waals surface area contributed by atoms with Crippen molar-refractivity contribution in [1.82, 2.24) is 5.32 Å². The van der Waals surface area contributed by atoms with Crippen molar-refractivity contribution in [1.29, 1.82) is 0 Å². The monoisotopic (exact) mass is 216 g/mol. The molecule has 1 aromatic carbocycles. The van der Waals surface area contributed by atoms with Gasteiger partial charge >= 0.3 is 0 Å². The van der Waals surface area contributed by atoms with Gasteiger partial charge in [-0.05, 0) is 25.5 Å². The summed E-state index contributed by atoms with van der Waals surface area (Å²) in [5.74, 6) is 0. The second-order valence-electron chi connectivity index (χ2n) is 4.24. The third-order valence-electron chi connectivity index (χ3n) is 3.09. The molecule has 2 heteroatoms. The number of rotatable bonds is 2. The molecular weight excluding hydrogens is 196 g/mol. The molecule has 1 aromatic rings. The number of aryl methyl sites for hydroxylation is 1. The standard InChI is InChI=1S/C14H20N2/c1-3-5-13-12(2)6-4-7-14(13)16-10-8-15-9-11-16/h3-7,15H,8-11H2,1-2H3/b5-3-. The predicted octanol–water partition coefficient (Wildman–Crippen LogP) is 2.44. The maximum atomic E-state index is 3.39. The molecule has 1 saturated heterocycles. The molecule has 1 aliphatic rings. The summed E-state index contributed by atoms with van der Waals surface area (Å²) in [5, 5.41) is 3.39. The van der Waals surface area contributed by atoms with Gasteiger partial charge in [0.1, 0.15) is 0 Å². The first-order valence-electron chi connectivity index (χ1n) is 6.01. The van der Waals surface area contributed by atoms with E-state index in [1.807, 2.05) is 0 Å². The van der Waals surface area contributed by atoms with Gasteiger partial charge in [-0.15, -0.1) is 0 Å². The summed E-state index contributed by atoms with van der Waals surface area (Å²) in [6.45, 7) is 8.64. The van der Waals surface area contributed by atoms with Gasteiger partial charge in [0.2, 0.25) is 0 Å². The van der Waals surface area contributed by atoms with Crippen LogP contribution >= 0.6 is 0 Å². The van der Waals surface area contributed by atoms with Crippen LogP contribution in [0.3, 0.4) is 0 Å². The van der Waals surface area contributed by atoms with Crippen LogP contribution in [0.2, 0.25) is 0 Å². The van der Waals surface area contributed by atoms with E-state index < -0.39 is 0 Å². The van der Waals surface area contributed by atoms with E-state index in [2.05, 4.69) is 54.4 Å². The molecule has 0 unspecified atom stereocenters. The highest BCUT2D eigenvalue weighted by atomic mass is 15.2. The van der Waals surface area contributed by atoms with Crippen LogP contribution in [0.4, 0.5) is 5.69 Å². The second kappa shape index (κ2) is 5.17. The first-order valence-corrected chi connectivity index (χ1v) is 6.01. The molecule has 1 fully saturated rings. The quantitative estimate of drug-likeness (QED) is 0.817. The molecule has 0 amide bonds. The zero-order chi connectivity index (χ0) is 11.4. The number of hydrogen-bond acceptors (Lipinski definition) is 2. The van der Waals surface area contributed by atoms with Gasteiger partial charge < -0.3 is 10.2 Å². The van der Waals surface area contributed by atoms with Crippen molar-refractivity contribution in [3.8, 4) is 0 Å². The zero-order valence-electron chi connectivity index (χ0n) is 10.2.